The van der Waals surface area contributed by atoms with Gasteiger partial charge in [-0.1, -0.05) is 18.2 Å². The number of urea groups is 1. The minimum atomic E-state index is -2.13. The first kappa shape index (κ1) is 13.3. The molecule has 0 aromatic heterocycles. The monoisotopic (exact) mass is 266 g/mol. The van der Waals surface area contributed by atoms with Crippen molar-refractivity contribution in [2.45, 2.75) is 19.8 Å². The van der Waals surface area contributed by atoms with E-state index in [0.717, 1.165) is 10.5 Å². The molecule has 0 aliphatic carbocycles. The van der Waals surface area contributed by atoms with Crippen LogP contribution in [0.5, 0.6) is 0 Å². The number of halogens is 1. The second kappa shape index (κ2) is 5.26. The summed E-state index contributed by atoms with van der Waals surface area (Å²) in [7, 11) is 1.56. The van der Waals surface area contributed by atoms with Crippen molar-refractivity contribution in [3.63, 3.8) is 0 Å². The Hall–Kier alpha value is -2.11. The highest BCUT2D eigenvalue weighted by Crippen LogP contribution is 2.30. The third-order valence-corrected chi connectivity index (χ3v) is 2.90. The molecule has 0 spiro atoms. The van der Waals surface area contributed by atoms with E-state index in [-0.39, 0.29) is 6.61 Å². The Morgan fingerprint density at radius 1 is 1.47 bits per heavy atom. The lowest BCUT2D eigenvalue weighted by Crippen LogP contribution is -2.51. The van der Waals surface area contributed by atoms with Crippen molar-refractivity contribution in [3.8, 4) is 0 Å². The molecule has 1 aromatic rings. The molecular weight excluding hydrogens is 251 g/mol. The minimum absolute atomic E-state index is 0.0682. The largest absolute Gasteiger partial charge is 0.462 e. The van der Waals surface area contributed by atoms with Crippen molar-refractivity contribution in [2.75, 3.05) is 18.6 Å². The molecule has 2 rings (SSSR count). The number of para-hydroxylation sites is 1. The van der Waals surface area contributed by atoms with Gasteiger partial charge in [0, 0.05) is 13.6 Å². The molecule has 1 aromatic carbocycles. The van der Waals surface area contributed by atoms with Gasteiger partial charge in [-0.05, 0) is 18.6 Å². The Morgan fingerprint density at radius 3 is 2.84 bits per heavy atom. The first-order chi connectivity index (χ1) is 9.06. The van der Waals surface area contributed by atoms with E-state index in [1.807, 2.05) is 0 Å². The van der Waals surface area contributed by atoms with E-state index in [2.05, 4.69) is 4.74 Å². The quantitative estimate of drug-likeness (QED) is 0.620. The van der Waals surface area contributed by atoms with Gasteiger partial charge in [0.25, 0.3) is 6.30 Å². The zero-order valence-corrected chi connectivity index (χ0v) is 10.8. The number of benzene rings is 1. The molecule has 1 atom stereocenters. The lowest BCUT2D eigenvalue weighted by molar-refractivity contribution is -0.148. The van der Waals surface area contributed by atoms with Crippen LogP contribution in [0.1, 0.15) is 12.5 Å². The molecule has 5 nitrogen and oxygen atoms in total. The maximum Gasteiger partial charge on any atom is 0.362 e. The van der Waals surface area contributed by atoms with Crippen LogP contribution in [0.25, 0.3) is 0 Å². The van der Waals surface area contributed by atoms with Gasteiger partial charge in [0.1, 0.15) is 0 Å². The predicted molar refractivity (Wildman–Crippen MR) is 67.3 cm³/mol. The van der Waals surface area contributed by atoms with Gasteiger partial charge in [0.05, 0.1) is 12.3 Å². The number of hydrogen-bond acceptors (Lipinski definition) is 3. The molecule has 2 amide bonds. The van der Waals surface area contributed by atoms with Crippen LogP contribution in [0.3, 0.4) is 0 Å². The first-order valence-electron chi connectivity index (χ1n) is 5.99. The average Bonchev–Trinajstić information content (AvgIpc) is 2.40. The number of rotatable bonds is 3. The summed E-state index contributed by atoms with van der Waals surface area (Å²) in [6.45, 7) is 2.04. The summed E-state index contributed by atoms with van der Waals surface area (Å²) in [5.74, 6) is -1.05. The third kappa shape index (κ3) is 2.38. The van der Waals surface area contributed by atoms with Gasteiger partial charge in [0.2, 0.25) is 0 Å². The van der Waals surface area contributed by atoms with E-state index in [9.17, 15) is 14.0 Å². The summed E-state index contributed by atoms with van der Waals surface area (Å²) < 4.78 is 18.8. The Balaban J connectivity index is 2.37. The zero-order chi connectivity index (χ0) is 14.0. The molecule has 0 saturated heterocycles. The Kier molecular flexibility index (Phi) is 3.69. The standard InChI is InChI=1S/C13H15FN2O3/c1-3-19-12(17)11(14)16-10-7-5-4-6-9(10)8-15(2)13(16)18/h4-7,11H,3,8H2,1-2H3. The maximum absolute atomic E-state index is 14.2. The number of hydrogen-bond donors (Lipinski definition) is 0. The predicted octanol–water partition coefficient (Wildman–Crippen LogP) is 1.92. The van der Waals surface area contributed by atoms with Gasteiger partial charge >= 0.3 is 12.0 Å². The molecule has 0 fully saturated rings. The molecule has 1 unspecified atom stereocenters. The van der Waals surface area contributed by atoms with Gasteiger partial charge in [-0.2, -0.15) is 0 Å². The molecule has 0 radical (unpaired) electrons. The van der Waals surface area contributed by atoms with Crippen LogP contribution in [0.15, 0.2) is 24.3 Å². The van der Waals surface area contributed by atoms with E-state index < -0.39 is 18.3 Å². The lowest BCUT2D eigenvalue weighted by atomic mass is 10.1. The number of carbonyl (C=O) groups is 2. The summed E-state index contributed by atoms with van der Waals surface area (Å²) in [5.41, 5.74) is 1.20. The fourth-order valence-electron chi connectivity index (χ4n) is 2.03. The van der Waals surface area contributed by atoms with Crippen LogP contribution in [0, 0.1) is 0 Å². The van der Waals surface area contributed by atoms with Crippen LogP contribution in [-0.4, -0.2) is 36.9 Å². The summed E-state index contributed by atoms with van der Waals surface area (Å²) >= 11 is 0. The molecule has 1 heterocycles. The van der Waals surface area contributed by atoms with Crippen molar-refractivity contribution in [1.29, 1.82) is 0 Å². The molecule has 0 bridgehead atoms. The van der Waals surface area contributed by atoms with Crippen LogP contribution in [0.2, 0.25) is 0 Å². The van der Waals surface area contributed by atoms with E-state index >= 15 is 0 Å². The van der Waals surface area contributed by atoms with Crippen molar-refractivity contribution < 1.29 is 18.7 Å². The molecule has 1 aliphatic rings. The SMILES string of the molecule is CCOC(=O)C(F)N1C(=O)N(C)Cc2ccccc21. The van der Waals surface area contributed by atoms with Crippen molar-refractivity contribution in [2.24, 2.45) is 0 Å². The fourth-order valence-corrected chi connectivity index (χ4v) is 2.03. The number of ether oxygens (including phenoxy) is 1. The Bertz CT molecular complexity index is 506. The number of nitrogens with zero attached hydrogens (tertiary/aromatic N) is 2. The summed E-state index contributed by atoms with van der Waals surface area (Å²) in [5, 5.41) is 0. The number of carbonyl (C=O) groups excluding carboxylic acids is 2. The highest BCUT2D eigenvalue weighted by molar-refractivity contribution is 5.99. The molecular formula is C13H15FN2O3. The number of alkyl halides is 1. The summed E-state index contributed by atoms with van der Waals surface area (Å²) in [4.78, 5) is 25.7. The minimum Gasteiger partial charge on any atom is -0.462 e. The lowest BCUT2D eigenvalue weighted by Gasteiger charge is -2.35. The number of amides is 2. The molecule has 6 heteroatoms. The highest BCUT2D eigenvalue weighted by atomic mass is 19.1. The normalized spacial score (nSPS) is 16.1. The van der Waals surface area contributed by atoms with E-state index in [0.29, 0.717) is 12.2 Å². The first-order valence-corrected chi connectivity index (χ1v) is 5.99. The maximum atomic E-state index is 14.2. The van der Waals surface area contributed by atoms with Crippen molar-refractivity contribution in [1.82, 2.24) is 4.90 Å². The Labute approximate surface area is 110 Å². The number of anilines is 1. The van der Waals surface area contributed by atoms with Crippen LogP contribution in [-0.2, 0) is 16.1 Å². The van der Waals surface area contributed by atoms with Crippen molar-refractivity contribution >= 4 is 17.7 Å². The summed E-state index contributed by atoms with van der Waals surface area (Å²) in [6, 6.07) is 6.36. The van der Waals surface area contributed by atoms with E-state index in [4.69, 9.17) is 0 Å². The zero-order valence-electron chi connectivity index (χ0n) is 10.8. The average molecular weight is 266 g/mol. The van der Waals surface area contributed by atoms with E-state index in [1.165, 1.54) is 4.90 Å². The highest BCUT2D eigenvalue weighted by Gasteiger charge is 2.37. The van der Waals surface area contributed by atoms with Gasteiger partial charge in [-0.3, -0.25) is 4.90 Å². The molecule has 0 N–H and O–H groups in total. The smallest absolute Gasteiger partial charge is 0.362 e. The molecule has 102 valence electrons. The van der Waals surface area contributed by atoms with Crippen LogP contribution < -0.4 is 4.90 Å². The van der Waals surface area contributed by atoms with Crippen LogP contribution in [0.4, 0.5) is 14.9 Å². The van der Waals surface area contributed by atoms with Gasteiger partial charge in [0.15, 0.2) is 0 Å². The Morgan fingerprint density at radius 2 is 2.16 bits per heavy atom. The van der Waals surface area contributed by atoms with E-state index in [1.54, 1.807) is 38.2 Å². The topological polar surface area (TPSA) is 49.9 Å². The van der Waals surface area contributed by atoms with Crippen LogP contribution >= 0.6 is 0 Å². The van der Waals surface area contributed by atoms with Gasteiger partial charge in [-0.15, -0.1) is 0 Å². The second-order valence-corrected chi connectivity index (χ2v) is 4.23. The van der Waals surface area contributed by atoms with Crippen molar-refractivity contribution in [3.05, 3.63) is 29.8 Å². The third-order valence-electron chi connectivity index (χ3n) is 2.90. The second-order valence-electron chi connectivity index (χ2n) is 4.23. The van der Waals surface area contributed by atoms with Gasteiger partial charge in [-0.25, -0.2) is 14.0 Å². The van der Waals surface area contributed by atoms with Gasteiger partial charge < -0.3 is 9.64 Å². The molecule has 1 aliphatic heterocycles. The molecule has 19 heavy (non-hydrogen) atoms. The number of esters is 1. The fraction of sp³-hybridized carbons (Fsp3) is 0.385. The number of fused-ring (bicyclic) bond motifs is 1. The molecule has 0 saturated carbocycles. The summed E-state index contributed by atoms with van der Waals surface area (Å²) in [6.07, 6.45) is -2.13.